The molecule has 1 radical (unpaired) electrons. The summed E-state index contributed by atoms with van der Waals surface area (Å²) in [7, 11) is 0. The number of phenolic OH excluding ortho intramolecular Hbond substituents is 1. The molecule has 2 rings (SSSR count). The lowest BCUT2D eigenvalue weighted by Gasteiger charge is -2.15. The quantitative estimate of drug-likeness (QED) is 0.920. The number of thiazole rings is 1. The molecule has 19 heavy (non-hydrogen) atoms. The summed E-state index contributed by atoms with van der Waals surface area (Å²) in [6, 6.07) is 4.55. The van der Waals surface area contributed by atoms with Gasteiger partial charge < -0.3 is 5.11 Å². The van der Waals surface area contributed by atoms with E-state index < -0.39 is 18.4 Å². The van der Waals surface area contributed by atoms with Crippen molar-refractivity contribution in [2.24, 2.45) is 0 Å². The first-order valence-electron chi connectivity index (χ1n) is 5.53. The number of fused-ring (bicyclic) bond motifs is 1. The molecule has 0 atom stereocenters. The van der Waals surface area contributed by atoms with Crippen LogP contribution in [0.25, 0.3) is 10.2 Å². The maximum atomic E-state index is 12.1. The first-order chi connectivity index (χ1) is 9.02. The fourth-order valence-electron chi connectivity index (χ4n) is 1.61. The number of hydrogen-bond donors (Lipinski definition) is 1. The summed E-state index contributed by atoms with van der Waals surface area (Å²) in [5.41, 5.74) is 0.566. The Morgan fingerprint density at radius 1 is 1.42 bits per heavy atom. The first kappa shape index (κ1) is 13.4. The minimum absolute atomic E-state index is 0.0816. The van der Waals surface area contributed by atoms with Crippen LogP contribution in [0.15, 0.2) is 18.2 Å². The number of aromatic hydroxyl groups is 1. The van der Waals surface area contributed by atoms with Gasteiger partial charge in [-0.25, -0.2) is 10.1 Å². The zero-order valence-corrected chi connectivity index (χ0v) is 10.9. The van der Waals surface area contributed by atoms with Crippen LogP contribution in [0.4, 0.5) is 0 Å². The highest BCUT2D eigenvalue weighted by atomic mass is 32.1. The molecule has 1 aromatic carbocycles. The maximum Gasteiger partial charge on any atom is 0.289 e. The van der Waals surface area contributed by atoms with Gasteiger partial charge in [0.25, 0.3) is 5.91 Å². The Labute approximate surface area is 112 Å². The monoisotopic (exact) mass is 279 g/mol. The second-order valence-electron chi connectivity index (χ2n) is 3.85. The molecular formula is C12H11N2O4S. The minimum Gasteiger partial charge on any atom is -0.508 e. The number of amides is 2. The summed E-state index contributed by atoms with van der Waals surface area (Å²) < 4.78 is 0.647. The number of rotatable bonds is 3. The second kappa shape index (κ2) is 5.33. The van der Waals surface area contributed by atoms with E-state index in [0.717, 1.165) is 16.2 Å². The van der Waals surface area contributed by atoms with Gasteiger partial charge in [0, 0.05) is 6.92 Å². The maximum absolute atomic E-state index is 12.1. The zero-order chi connectivity index (χ0) is 14.0. The fourth-order valence-corrected chi connectivity index (χ4v) is 2.56. The highest BCUT2D eigenvalue weighted by Crippen LogP contribution is 2.26. The predicted molar refractivity (Wildman–Crippen MR) is 68.6 cm³/mol. The van der Waals surface area contributed by atoms with E-state index in [0.29, 0.717) is 10.2 Å². The van der Waals surface area contributed by atoms with Gasteiger partial charge >= 0.3 is 0 Å². The number of aromatic nitrogens is 1. The Bertz CT molecular complexity index is 638. The summed E-state index contributed by atoms with van der Waals surface area (Å²) >= 11 is 1.07. The third-order valence-corrected chi connectivity index (χ3v) is 3.50. The number of nitrogens with zero attached hydrogens (tertiary/aromatic N) is 2. The summed E-state index contributed by atoms with van der Waals surface area (Å²) in [6.45, 7) is 0.513. The van der Waals surface area contributed by atoms with Gasteiger partial charge in [0.1, 0.15) is 12.4 Å². The molecule has 1 N–H and O–H groups in total. The SMILES string of the molecule is CC(=O)N(CC[O])C(=O)c1nc2ccc(O)cc2s1. The molecule has 0 unspecified atom stereocenters. The second-order valence-corrected chi connectivity index (χ2v) is 4.88. The predicted octanol–water partition coefficient (Wildman–Crippen LogP) is 1.42. The fraction of sp³-hybridized carbons (Fsp3) is 0.250. The number of carbonyl (C=O) groups is 2. The van der Waals surface area contributed by atoms with Crippen LogP contribution in [0.1, 0.15) is 16.7 Å². The van der Waals surface area contributed by atoms with Crippen LogP contribution in [0, 0.1) is 0 Å². The Hall–Kier alpha value is -1.99. The number of carbonyl (C=O) groups excluding carboxylic acids is 2. The van der Waals surface area contributed by atoms with Gasteiger partial charge in [-0.2, -0.15) is 0 Å². The molecule has 2 amide bonds. The number of imide groups is 1. The lowest BCUT2D eigenvalue weighted by atomic mass is 10.3. The van der Waals surface area contributed by atoms with Crippen LogP contribution in [-0.2, 0) is 9.90 Å². The molecule has 1 aromatic heterocycles. The van der Waals surface area contributed by atoms with E-state index in [1.165, 1.54) is 19.1 Å². The van der Waals surface area contributed by atoms with Crippen molar-refractivity contribution in [2.75, 3.05) is 13.2 Å². The van der Waals surface area contributed by atoms with Crippen LogP contribution in [0.5, 0.6) is 5.75 Å². The molecule has 0 bridgehead atoms. The average molecular weight is 279 g/mol. The molecule has 0 saturated heterocycles. The van der Waals surface area contributed by atoms with Crippen LogP contribution in [0.3, 0.4) is 0 Å². The van der Waals surface area contributed by atoms with Crippen molar-refractivity contribution in [3.63, 3.8) is 0 Å². The van der Waals surface area contributed by atoms with E-state index in [2.05, 4.69) is 4.98 Å². The molecule has 0 aliphatic heterocycles. The van der Waals surface area contributed by atoms with Crippen LogP contribution in [0.2, 0.25) is 0 Å². The van der Waals surface area contributed by atoms with Gasteiger partial charge in [-0.3, -0.25) is 14.5 Å². The summed E-state index contributed by atoms with van der Waals surface area (Å²) in [5.74, 6) is -0.981. The molecule has 0 saturated carbocycles. The standard InChI is InChI=1S/C12H11N2O4S/c1-7(16)14(4-5-15)12(18)11-13-9-3-2-8(17)6-10(9)19-11/h2-3,6,17H,4-5H2,1H3. The molecule has 1 heterocycles. The summed E-state index contributed by atoms with van der Waals surface area (Å²) in [4.78, 5) is 28.4. The van der Waals surface area contributed by atoms with Crippen LogP contribution >= 0.6 is 11.3 Å². The first-order valence-corrected chi connectivity index (χ1v) is 6.34. The van der Waals surface area contributed by atoms with Crippen LogP contribution in [-0.4, -0.2) is 40.0 Å². The van der Waals surface area contributed by atoms with Gasteiger partial charge in [0.2, 0.25) is 5.91 Å². The number of phenols is 1. The summed E-state index contributed by atoms with van der Waals surface area (Å²) in [6.07, 6.45) is 0. The Kier molecular flexibility index (Phi) is 3.77. The van der Waals surface area contributed by atoms with Crippen LogP contribution < -0.4 is 0 Å². The average Bonchev–Trinajstić information content (AvgIpc) is 2.77. The molecule has 2 aromatic rings. The molecule has 7 heteroatoms. The molecule has 99 valence electrons. The van der Waals surface area contributed by atoms with Gasteiger partial charge in [-0.15, -0.1) is 11.3 Å². The van der Waals surface area contributed by atoms with Gasteiger partial charge in [0.05, 0.1) is 16.8 Å². The van der Waals surface area contributed by atoms with Crippen molar-refractivity contribution >= 4 is 33.4 Å². The van der Waals surface area contributed by atoms with Gasteiger partial charge in [0.15, 0.2) is 5.01 Å². The third-order valence-electron chi connectivity index (χ3n) is 2.50. The molecule has 0 spiro atoms. The van der Waals surface area contributed by atoms with Crippen molar-refractivity contribution in [1.29, 1.82) is 0 Å². The van der Waals surface area contributed by atoms with E-state index in [4.69, 9.17) is 0 Å². The zero-order valence-electron chi connectivity index (χ0n) is 10.1. The molecule has 0 aliphatic carbocycles. The van der Waals surface area contributed by atoms with Crippen molar-refractivity contribution < 1.29 is 19.8 Å². The smallest absolute Gasteiger partial charge is 0.289 e. The van der Waals surface area contributed by atoms with E-state index in [1.807, 2.05) is 0 Å². The number of benzene rings is 1. The highest BCUT2D eigenvalue weighted by molar-refractivity contribution is 7.20. The minimum atomic E-state index is -0.580. The summed E-state index contributed by atoms with van der Waals surface area (Å²) in [5, 5.41) is 20.1. The van der Waals surface area contributed by atoms with Gasteiger partial charge in [-0.1, -0.05) is 0 Å². The van der Waals surface area contributed by atoms with E-state index >= 15 is 0 Å². The normalized spacial score (nSPS) is 10.6. The molecule has 6 nitrogen and oxygen atoms in total. The molecular weight excluding hydrogens is 268 g/mol. The topological polar surface area (TPSA) is 90.4 Å². The Morgan fingerprint density at radius 3 is 2.79 bits per heavy atom. The third kappa shape index (κ3) is 2.72. The Morgan fingerprint density at radius 2 is 2.16 bits per heavy atom. The van der Waals surface area contributed by atoms with E-state index in [9.17, 15) is 19.8 Å². The van der Waals surface area contributed by atoms with Gasteiger partial charge in [-0.05, 0) is 18.2 Å². The van der Waals surface area contributed by atoms with Crippen molar-refractivity contribution in [2.45, 2.75) is 6.92 Å². The number of hydrogen-bond acceptors (Lipinski definition) is 5. The lowest BCUT2D eigenvalue weighted by Crippen LogP contribution is -2.37. The van der Waals surface area contributed by atoms with Crippen molar-refractivity contribution in [1.82, 2.24) is 9.88 Å². The van der Waals surface area contributed by atoms with Crippen molar-refractivity contribution in [3.05, 3.63) is 23.2 Å². The molecule has 0 aliphatic rings. The highest BCUT2D eigenvalue weighted by Gasteiger charge is 2.22. The Balaban J connectivity index is 2.37. The van der Waals surface area contributed by atoms with E-state index in [-0.39, 0.29) is 17.3 Å². The lowest BCUT2D eigenvalue weighted by molar-refractivity contribution is -0.126. The van der Waals surface area contributed by atoms with E-state index in [1.54, 1.807) is 6.07 Å². The molecule has 0 fully saturated rings. The largest absolute Gasteiger partial charge is 0.508 e. The van der Waals surface area contributed by atoms with Crippen molar-refractivity contribution in [3.8, 4) is 5.75 Å².